The predicted octanol–water partition coefficient (Wildman–Crippen LogP) is 6.59. The second kappa shape index (κ2) is 12.6. The minimum atomic E-state index is -0.608. The Hall–Kier alpha value is -3.59. The summed E-state index contributed by atoms with van der Waals surface area (Å²) >= 11 is 6.45. The Morgan fingerprint density at radius 3 is 2.49 bits per heavy atom. The van der Waals surface area contributed by atoms with E-state index in [1.165, 1.54) is 0 Å². The van der Waals surface area contributed by atoms with E-state index in [2.05, 4.69) is 58.5 Å². The third kappa shape index (κ3) is 6.37. The molecule has 228 valence electrons. The highest BCUT2D eigenvalue weighted by Crippen LogP contribution is 2.50. The first-order valence-electron chi connectivity index (χ1n) is 15.4. The van der Waals surface area contributed by atoms with Gasteiger partial charge in [0.15, 0.2) is 5.82 Å². The molecule has 5 rings (SSSR count). The lowest BCUT2D eigenvalue weighted by Crippen LogP contribution is -2.51. The van der Waals surface area contributed by atoms with Gasteiger partial charge in [-0.15, -0.1) is 10.2 Å². The number of hydrogen-bond donors (Lipinski definition) is 2. The van der Waals surface area contributed by atoms with Crippen LogP contribution in [-0.2, 0) is 11.3 Å². The number of carbonyl (C=O) groups is 2. The van der Waals surface area contributed by atoms with Gasteiger partial charge in [0.25, 0.3) is 11.8 Å². The number of amides is 2. The van der Waals surface area contributed by atoms with Crippen LogP contribution in [0.2, 0.25) is 5.02 Å². The summed E-state index contributed by atoms with van der Waals surface area (Å²) in [7, 11) is 0. The Labute approximate surface area is 258 Å². The fraction of sp³-hybridized carbons (Fsp3) is 0.515. The molecule has 2 aromatic carbocycles. The van der Waals surface area contributed by atoms with Crippen LogP contribution in [0.4, 0.5) is 0 Å². The van der Waals surface area contributed by atoms with Crippen LogP contribution in [0.25, 0.3) is 0 Å². The Bertz CT molecular complexity index is 1460. The van der Waals surface area contributed by atoms with E-state index in [4.69, 9.17) is 16.6 Å². The first-order valence-corrected chi connectivity index (χ1v) is 15.8. The summed E-state index contributed by atoms with van der Waals surface area (Å²) in [5.74, 6) is 0.724. The lowest BCUT2D eigenvalue weighted by atomic mass is 9.67. The number of tetrazole rings is 1. The van der Waals surface area contributed by atoms with Crippen LogP contribution < -0.4 is 5.32 Å². The van der Waals surface area contributed by atoms with Gasteiger partial charge < -0.3 is 10.2 Å². The zero-order valence-corrected chi connectivity index (χ0v) is 26.5. The number of nitrogens with zero attached hydrogens (tertiary/aromatic N) is 5. The van der Waals surface area contributed by atoms with E-state index >= 15 is 0 Å². The van der Waals surface area contributed by atoms with Crippen LogP contribution in [0.1, 0.15) is 112 Å². The van der Waals surface area contributed by atoms with Crippen molar-refractivity contribution in [1.82, 2.24) is 30.8 Å². The fourth-order valence-electron chi connectivity index (χ4n) is 6.70. The van der Waals surface area contributed by atoms with Crippen LogP contribution in [0.5, 0.6) is 0 Å². The molecule has 3 aromatic rings. The zero-order valence-electron chi connectivity index (χ0n) is 25.8. The summed E-state index contributed by atoms with van der Waals surface area (Å²) in [5, 5.41) is 17.1. The highest BCUT2D eigenvalue weighted by molar-refractivity contribution is 6.47. The minimum absolute atomic E-state index is 0.0461. The zero-order chi connectivity index (χ0) is 30.8. The van der Waals surface area contributed by atoms with Crippen LogP contribution in [-0.4, -0.2) is 48.7 Å². The lowest BCUT2D eigenvalue weighted by Gasteiger charge is -2.48. The Morgan fingerprint density at radius 2 is 1.88 bits per heavy atom. The average Bonchev–Trinajstić information content (AvgIpc) is 3.61. The van der Waals surface area contributed by atoms with E-state index in [1.54, 1.807) is 0 Å². The van der Waals surface area contributed by atoms with Crippen molar-refractivity contribution in [3.8, 4) is 0 Å². The van der Waals surface area contributed by atoms with Crippen molar-refractivity contribution < 1.29 is 9.59 Å². The third-order valence-corrected chi connectivity index (χ3v) is 9.75. The Balaban J connectivity index is 1.47. The van der Waals surface area contributed by atoms with E-state index in [9.17, 15) is 9.59 Å². The highest BCUT2D eigenvalue weighted by atomic mass is 35.5. The molecule has 2 heterocycles. The Kier molecular flexibility index (Phi) is 9.02. The second-order valence-corrected chi connectivity index (χ2v) is 13.1. The summed E-state index contributed by atoms with van der Waals surface area (Å²) in [6, 6.07) is 13.2. The van der Waals surface area contributed by atoms with Crippen LogP contribution in [0.15, 0.2) is 47.5 Å². The minimum Gasteiger partial charge on any atom is -0.345 e. The van der Waals surface area contributed by atoms with Gasteiger partial charge in [-0.2, -0.15) is 5.21 Å². The van der Waals surface area contributed by atoms with Gasteiger partial charge in [-0.3, -0.25) is 14.6 Å². The number of aromatic amines is 1. The molecule has 0 unspecified atom stereocenters. The van der Waals surface area contributed by atoms with Gasteiger partial charge in [-0.25, -0.2) is 0 Å². The van der Waals surface area contributed by atoms with E-state index in [1.807, 2.05) is 49.4 Å². The molecular weight excluding hydrogens is 562 g/mol. The Morgan fingerprint density at radius 1 is 1.16 bits per heavy atom. The van der Waals surface area contributed by atoms with Gasteiger partial charge in [0.2, 0.25) is 0 Å². The molecule has 1 aliphatic heterocycles. The monoisotopic (exact) mass is 603 g/mol. The number of aliphatic imine (C=N–C) groups is 1. The number of aryl methyl sites for hydroxylation is 1. The molecule has 1 spiro atoms. The standard InChI is InChI=1S/C33H42ClN7O2/c1-6-8-27(22-9-11-23(12-10-22)30(42)35-20-28-37-39-40-38-28)41-31(43)29(24-17-21(3)18-26(34)19-24)36-33(41)15-13-25(14-16-33)32(4,5)7-2/h9-12,17-19,25,27H,6-8,13-16,20H2,1-5H3,(H,35,42)(H,37,38,39,40)/t25?,27-,33?/m1/s1. The summed E-state index contributed by atoms with van der Waals surface area (Å²) in [4.78, 5) is 34.6. The van der Waals surface area contributed by atoms with E-state index in [0.29, 0.717) is 28.0 Å². The number of hydrogen-bond acceptors (Lipinski definition) is 6. The summed E-state index contributed by atoms with van der Waals surface area (Å²) in [5.41, 5.74) is 3.43. The molecule has 0 saturated heterocycles. The average molecular weight is 604 g/mol. The number of nitrogens with one attached hydrogen (secondary N) is 2. The molecule has 10 heteroatoms. The molecular formula is C33H42ClN7O2. The smallest absolute Gasteiger partial charge is 0.275 e. The molecule has 0 radical (unpaired) electrons. The number of rotatable bonds is 10. The van der Waals surface area contributed by atoms with Crippen LogP contribution >= 0.6 is 11.6 Å². The highest BCUT2D eigenvalue weighted by Gasteiger charge is 2.52. The normalized spacial score (nSPS) is 21.3. The fourth-order valence-corrected chi connectivity index (χ4v) is 6.99. The predicted molar refractivity (Wildman–Crippen MR) is 168 cm³/mol. The maximum absolute atomic E-state index is 14.5. The van der Waals surface area contributed by atoms with Crippen molar-refractivity contribution >= 4 is 29.1 Å². The van der Waals surface area contributed by atoms with Gasteiger partial charge in [0.1, 0.15) is 11.4 Å². The number of carbonyl (C=O) groups excluding carboxylic acids is 2. The van der Waals surface area contributed by atoms with Crippen molar-refractivity contribution in [3.63, 3.8) is 0 Å². The summed E-state index contributed by atoms with van der Waals surface area (Å²) in [6.07, 6.45) is 6.51. The van der Waals surface area contributed by atoms with E-state index < -0.39 is 5.66 Å². The molecule has 1 aliphatic carbocycles. The summed E-state index contributed by atoms with van der Waals surface area (Å²) < 4.78 is 0. The molecule has 43 heavy (non-hydrogen) atoms. The van der Waals surface area contributed by atoms with Crippen molar-refractivity contribution in [2.45, 2.75) is 97.8 Å². The van der Waals surface area contributed by atoms with Crippen LogP contribution in [0.3, 0.4) is 0 Å². The van der Waals surface area contributed by atoms with Crippen molar-refractivity contribution in [3.05, 3.63) is 75.6 Å². The molecule has 1 aromatic heterocycles. The molecule has 1 saturated carbocycles. The quantitative estimate of drug-likeness (QED) is 0.271. The summed E-state index contributed by atoms with van der Waals surface area (Å²) in [6.45, 7) is 11.3. The molecule has 1 atom stereocenters. The number of benzene rings is 2. The van der Waals surface area contributed by atoms with Gasteiger partial charge in [-0.1, -0.05) is 69.5 Å². The van der Waals surface area contributed by atoms with Crippen molar-refractivity contribution in [2.24, 2.45) is 16.3 Å². The van der Waals surface area contributed by atoms with Gasteiger partial charge in [0.05, 0.1) is 12.6 Å². The van der Waals surface area contributed by atoms with Crippen molar-refractivity contribution in [1.29, 1.82) is 0 Å². The number of aromatic nitrogens is 4. The van der Waals surface area contributed by atoms with Gasteiger partial charge >= 0.3 is 0 Å². The molecule has 2 N–H and O–H groups in total. The number of H-pyrrole nitrogens is 1. The topological polar surface area (TPSA) is 116 Å². The van der Waals surface area contributed by atoms with Gasteiger partial charge in [0, 0.05) is 16.1 Å². The van der Waals surface area contributed by atoms with Crippen molar-refractivity contribution in [2.75, 3.05) is 0 Å². The first kappa shape index (κ1) is 30.9. The molecule has 0 bridgehead atoms. The van der Waals surface area contributed by atoms with E-state index in [-0.39, 0.29) is 29.8 Å². The SMILES string of the molecule is CCC[C@H](c1ccc(C(=O)NCc2nn[nH]n2)cc1)N1C(=O)C(c2cc(C)cc(Cl)c2)=NC12CCC(C(C)(C)CC)CC2. The second-order valence-electron chi connectivity index (χ2n) is 12.7. The molecule has 2 amide bonds. The van der Waals surface area contributed by atoms with Crippen LogP contribution in [0, 0.1) is 18.3 Å². The molecule has 2 aliphatic rings. The maximum atomic E-state index is 14.5. The maximum Gasteiger partial charge on any atom is 0.275 e. The number of halogens is 1. The lowest BCUT2D eigenvalue weighted by molar-refractivity contribution is -0.133. The molecule has 1 fully saturated rings. The molecule has 9 nitrogen and oxygen atoms in total. The largest absolute Gasteiger partial charge is 0.345 e. The first-order chi connectivity index (χ1) is 20.6. The third-order valence-electron chi connectivity index (χ3n) is 9.54. The van der Waals surface area contributed by atoms with Gasteiger partial charge in [-0.05, 0) is 91.8 Å². The van der Waals surface area contributed by atoms with E-state index in [0.717, 1.165) is 61.6 Å².